The van der Waals surface area contributed by atoms with Crippen LogP contribution in [0.25, 0.3) is 0 Å². The summed E-state index contributed by atoms with van der Waals surface area (Å²) in [6.07, 6.45) is -0.454. The summed E-state index contributed by atoms with van der Waals surface area (Å²) >= 11 is 0. The van der Waals surface area contributed by atoms with E-state index in [2.05, 4.69) is 0 Å². The van der Waals surface area contributed by atoms with E-state index in [-0.39, 0.29) is 12.6 Å². The van der Waals surface area contributed by atoms with Gasteiger partial charge in [-0.3, -0.25) is 0 Å². The van der Waals surface area contributed by atoms with Gasteiger partial charge in [0.05, 0.1) is 6.04 Å². The molecule has 0 spiro atoms. The van der Waals surface area contributed by atoms with Crippen LogP contribution in [-0.2, 0) is 4.74 Å². The highest BCUT2D eigenvalue weighted by atomic mass is 19.2. The molecule has 0 N–H and O–H groups in total. The lowest BCUT2D eigenvalue weighted by atomic mass is 10.1. The number of hydrogen-bond donors (Lipinski definition) is 0. The molecule has 3 nitrogen and oxygen atoms in total. The third-order valence-electron chi connectivity index (χ3n) is 2.45. The number of nitrogens with zero attached hydrogens (tertiary/aromatic N) is 1. The van der Waals surface area contributed by atoms with Crippen LogP contribution in [0.5, 0.6) is 0 Å². The van der Waals surface area contributed by atoms with Crippen LogP contribution < -0.4 is 0 Å². The second-order valence-corrected chi connectivity index (χ2v) is 3.38. The number of likely N-dealkylation sites (N-methyl/N-ethyl adjacent to an activating group) is 1. The fraction of sp³-hybridized carbons (Fsp3) is 0.300. The van der Waals surface area contributed by atoms with Crippen molar-refractivity contribution in [2.24, 2.45) is 0 Å². The molecule has 1 fully saturated rings. The molecule has 1 heterocycles. The van der Waals surface area contributed by atoms with Crippen molar-refractivity contribution in [3.63, 3.8) is 0 Å². The van der Waals surface area contributed by atoms with Crippen LogP contribution in [0.3, 0.4) is 0 Å². The van der Waals surface area contributed by atoms with Crippen molar-refractivity contribution in [3.05, 3.63) is 35.4 Å². The van der Waals surface area contributed by atoms with Gasteiger partial charge in [-0.2, -0.15) is 0 Å². The molecule has 0 bridgehead atoms. The fourth-order valence-corrected chi connectivity index (χ4v) is 1.53. The first kappa shape index (κ1) is 9.89. The molecule has 1 aromatic carbocycles. The molecule has 1 unspecified atom stereocenters. The fourth-order valence-electron chi connectivity index (χ4n) is 1.53. The number of hydrogen-bond acceptors (Lipinski definition) is 2. The summed E-state index contributed by atoms with van der Waals surface area (Å²) in [5.41, 5.74) is 0.530. The second kappa shape index (κ2) is 3.49. The van der Waals surface area contributed by atoms with Crippen molar-refractivity contribution in [2.75, 3.05) is 13.7 Å². The average molecular weight is 213 g/mol. The van der Waals surface area contributed by atoms with Gasteiger partial charge in [0.2, 0.25) is 0 Å². The predicted octanol–water partition coefficient (Wildman–Crippen LogP) is 2.09. The molecule has 1 aliphatic heterocycles. The summed E-state index contributed by atoms with van der Waals surface area (Å²) in [6, 6.07) is 3.23. The third kappa shape index (κ3) is 1.65. The number of ether oxygens (including phenoxy) is 1. The first-order chi connectivity index (χ1) is 7.09. The highest BCUT2D eigenvalue weighted by molar-refractivity contribution is 5.70. The summed E-state index contributed by atoms with van der Waals surface area (Å²) in [6.45, 7) is 0.167. The van der Waals surface area contributed by atoms with Gasteiger partial charge in [-0.1, -0.05) is 6.07 Å². The molecule has 1 amide bonds. The molecule has 0 aromatic heterocycles. The average Bonchev–Trinajstić information content (AvgIpc) is 2.53. The van der Waals surface area contributed by atoms with Crippen LogP contribution in [0.4, 0.5) is 13.6 Å². The first-order valence-corrected chi connectivity index (χ1v) is 4.44. The molecule has 0 saturated carbocycles. The van der Waals surface area contributed by atoms with Crippen LogP contribution in [0.15, 0.2) is 18.2 Å². The molecule has 2 rings (SSSR count). The normalized spacial score (nSPS) is 20.6. The van der Waals surface area contributed by atoms with Gasteiger partial charge in [0.25, 0.3) is 0 Å². The lowest BCUT2D eigenvalue weighted by Crippen LogP contribution is -2.22. The number of rotatable bonds is 1. The Balaban J connectivity index is 2.30. The minimum Gasteiger partial charge on any atom is -0.447 e. The van der Waals surface area contributed by atoms with Crippen molar-refractivity contribution in [1.82, 2.24) is 4.90 Å². The molecule has 0 radical (unpaired) electrons. The minimum absolute atomic E-state index is 0.167. The van der Waals surface area contributed by atoms with Crippen LogP contribution in [0.1, 0.15) is 11.6 Å². The van der Waals surface area contributed by atoms with Gasteiger partial charge < -0.3 is 9.64 Å². The Morgan fingerprint density at radius 3 is 2.67 bits per heavy atom. The number of carbonyl (C=O) groups is 1. The van der Waals surface area contributed by atoms with Crippen LogP contribution in [0, 0.1) is 11.6 Å². The van der Waals surface area contributed by atoms with Crippen molar-refractivity contribution >= 4 is 6.09 Å². The zero-order valence-corrected chi connectivity index (χ0v) is 8.04. The molecule has 1 aliphatic rings. The van der Waals surface area contributed by atoms with Gasteiger partial charge in [-0.05, 0) is 17.7 Å². The van der Waals surface area contributed by atoms with E-state index >= 15 is 0 Å². The SMILES string of the molecule is CN1C(=O)OCC1c1ccc(F)c(F)c1. The predicted molar refractivity (Wildman–Crippen MR) is 48.2 cm³/mol. The summed E-state index contributed by atoms with van der Waals surface area (Å²) in [4.78, 5) is 12.4. The van der Waals surface area contributed by atoms with Crippen molar-refractivity contribution in [2.45, 2.75) is 6.04 Å². The van der Waals surface area contributed by atoms with Gasteiger partial charge in [0.1, 0.15) is 6.61 Å². The largest absolute Gasteiger partial charge is 0.447 e. The number of cyclic esters (lactones) is 1. The lowest BCUT2D eigenvalue weighted by molar-refractivity contribution is 0.163. The molecule has 1 saturated heterocycles. The zero-order chi connectivity index (χ0) is 11.0. The van der Waals surface area contributed by atoms with E-state index in [4.69, 9.17) is 4.74 Å². The smallest absolute Gasteiger partial charge is 0.410 e. The van der Waals surface area contributed by atoms with Crippen molar-refractivity contribution in [3.8, 4) is 0 Å². The zero-order valence-electron chi connectivity index (χ0n) is 8.04. The molecule has 0 aliphatic carbocycles. The van der Waals surface area contributed by atoms with E-state index in [1.54, 1.807) is 7.05 Å². The monoisotopic (exact) mass is 213 g/mol. The Bertz CT molecular complexity index is 408. The van der Waals surface area contributed by atoms with E-state index in [1.165, 1.54) is 11.0 Å². The highest BCUT2D eigenvalue weighted by Gasteiger charge is 2.31. The van der Waals surface area contributed by atoms with Crippen LogP contribution >= 0.6 is 0 Å². The summed E-state index contributed by atoms with van der Waals surface area (Å²) in [7, 11) is 1.56. The summed E-state index contributed by atoms with van der Waals surface area (Å²) < 4.78 is 30.4. The summed E-state index contributed by atoms with van der Waals surface area (Å²) in [5.74, 6) is -1.81. The quantitative estimate of drug-likeness (QED) is 0.714. The lowest BCUT2D eigenvalue weighted by Gasteiger charge is -2.16. The van der Waals surface area contributed by atoms with Gasteiger partial charge in [-0.15, -0.1) is 0 Å². The van der Waals surface area contributed by atoms with Gasteiger partial charge in [-0.25, -0.2) is 13.6 Å². The third-order valence-corrected chi connectivity index (χ3v) is 2.45. The van der Waals surface area contributed by atoms with Crippen molar-refractivity contribution in [1.29, 1.82) is 0 Å². The van der Waals surface area contributed by atoms with E-state index < -0.39 is 17.7 Å². The highest BCUT2D eigenvalue weighted by Crippen LogP contribution is 2.26. The van der Waals surface area contributed by atoms with Crippen molar-refractivity contribution < 1.29 is 18.3 Å². The Kier molecular flexibility index (Phi) is 2.30. The Labute approximate surface area is 85.3 Å². The second-order valence-electron chi connectivity index (χ2n) is 3.38. The molecular weight excluding hydrogens is 204 g/mol. The Hall–Kier alpha value is -1.65. The first-order valence-electron chi connectivity index (χ1n) is 4.44. The van der Waals surface area contributed by atoms with E-state index in [1.807, 2.05) is 0 Å². The van der Waals surface area contributed by atoms with Crippen LogP contribution in [0.2, 0.25) is 0 Å². The Morgan fingerprint density at radius 1 is 1.40 bits per heavy atom. The maximum Gasteiger partial charge on any atom is 0.410 e. The number of halogens is 2. The molecule has 1 atom stereocenters. The molecule has 1 aromatic rings. The Morgan fingerprint density at radius 2 is 2.13 bits per heavy atom. The van der Waals surface area contributed by atoms with E-state index in [9.17, 15) is 13.6 Å². The molecule has 5 heteroatoms. The van der Waals surface area contributed by atoms with E-state index in [0.717, 1.165) is 12.1 Å². The van der Waals surface area contributed by atoms with E-state index in [0.29, 0.717) is 5.56 Å². The van der Waals surface area contributed by atoms with Crippen LogP contribution in [-0.4, -0.2) is 24.6 Å². The maximum absolute atomic E-state index is 12.9. The maximum atomic E-state index is 12.9. The number of carbonyl (C=O) groups excluding carboxylic acids is 1. The molecular formula is C10H9F2NO2. The van der Waals surface area contributed by atoms with Gasteiger partial charge in [0, 0.05) is 7.05 Å². The number of benzene rings is 1. The topological polar surface area (TPSA) is 29.5 Å². The van der Waals surface area contributed by atoms with Gasteiger partial charge >= 0.3 is 6.09 Å². The molecule has 80 valence electrons. The number of amides is 1. The molecule has 15 heavy (non-hydrogen) atoms. The standard InChI is InChI=1S/C10H9F2NO2/c1-13-9(5-15-10(13)14)6-2-3-7(11)8(12)4-6/h2-4,9H,5H2,1H3. The van der Waals surface area contributed by atoms with Gasteiger partial charge in [0.15, 0.2) is 11.6 Å². The minimum atomic E-state index is -0.916. The summed E-state index contributed by atoms with van der Waals surface area (Å²) in [5, 5.41) is 0.